The van der Waals surface area contributed by atoms with E-state index in [0.29, 0.717) is 12.0 Å². The molecule has 2 aliphatic rings. The third kappa shape index (κ3) is 7.77. The van der Waals surface area contributed by atoms with E-state index < -0.39 is 47.8 Å². The summed E-state index contributed by atoms with van der Waals surface area (Å²) in [6, 6.07) is 4.23. The first kappa shape index (κ1) is 35.5. The number of ketones is 1. The quantitative estimate of drug-likeness (QED) is 0.136. The number of esters is 1. The minimum Gasteiger partial charge on any atom is -0.490 e. The first-order valence-corrected chi connectivity index (χ1v) is 15.0. The molecule has 0 bridgehead atoms. The van der Waals surface area contributed by atoms with Crippen LogP contribution in [0.25, 0.3) is 0 Å². The van der Waals surface area contributed by atoms with E-state index in [1.807, 2.05) is 0 Å². The molecule has 0 radical (unpaired) electrons. The van der Waals surface area contributed by atoms with Gasteiger partial charge < -0.3 is 33.9 Å². The maximum atomic E-state index is 15.6. The molecule has 0 spiro atoms. The maximum absolute atomic E-state index is 15.6. The zero-order valence-electron chi connectivity index (χ0n) is 26.7. The largest absolute Gasteiger partial charge is 0.491 e. The number of nitrogens with zero attached hydrogens (tertiary/aromatic N) is 2. The number of nitrogens with one attached hydrogen (secondary N) is 1. The van der Waals surface area contributed by atoms with Gasteiger partial charge in [0.15, 0.2) is 28.8 Å². The smallest absolute Gasteiger partial charge is 0.490 e. The molecule has 1 atom stereocenters. The number of aliphatic carboxylic acids is 1. The van der Waals surface area contributed by atoms with Gasteiger partial charge in [0.1, 0.15) is 12.4 Å². The molecule has 0 amide bonds. The van der Waals surface area contributed by atoms with Gasteiger partial charge in [-0.2, -0.15) is 13.2 Å². The fraction of sp³-hybridized carbons (Fsp3) is 0.500. The lowest BCUT2D eigenvalue weighted by atomic mass is 9.84. The number of amidine groups is 1. The molecule has 1 unspecified atom stereocenters. The van der Waals surface area contributed by atoms with Crippen LogP contribution in [0.1, 0.15) is 68.1 Å². The van der Waals surface area contributed by atoms with Crippen LogP contribution in [0, 0.1) is 11.2 Å². The molecule has 0 aliphatic carbocycles. The van der Waals surface area contributed by atoms with Gasteiger partial charge in [-0.3, -0.25) is 10.2 Å². The third-order valence-electron chi connectivity index (χ3n) is 7.66. The van der Waals surface area contributed by atoms with Crippen LogP contribution in [0.15, 0.2) is 18.2 Å². The minimum absolute atomic E-state index is 0.0122. The molecule has 4 rings (SSSR count). The van der Waals surface area contributed by atoms with Crippen molar-refractivity contribution in [2.75, 3.05) is 44.4 Å². The van der Waals surface area contributed by atoms with Gasteiger partial charge in [0.05, 0.1) is 37.1 Å². The van der Waals surface area contributed by atoms with E-state index in [2.05, 4.69) is 0 Å². The Morgan fingerprint density at radius 1 is 1.04 bits per heavy atom. The third-order valence-corrected chi connectivity index (χ3v) is 7.66. The summed E-state index contributed by atoms with van der Waals surface area (Å²) in [6.45, 7) is 8.15. The summed E-state index contributed by atoms with van der Waals surface area (Å²) in [4.78, 5) is 39.8. The highest BCUT2D eigenvalue weighted by Gasteiger charge is 2.43. The van der Waals surface area contributed by atoms with Crippen LogP contribution in [-0.4, -0.2) is 85.3 Å². The van der Waals surface area contributed by atoms with E-state index in [-0.39, 0.29) is 84.9 Å². The number of benzene rings is 2. The van der Waals surface area contributed by atoms with E-state index in [1.165, 1.54) is 17.0 Å². The second-order valence-electron chi connectivity index (χ2n) is 12.1. The summed E-state index contributed by atoms with van der Waals surface area (Å²) in [5.74, 6) is -5.54. The van der Waals surface area contributed by atoms with E-state index in [0.717, 1.165) is 0 Å². The second-order valence-corrected chi connectivity index (χ2v) is 12.1. The molecule has 1 fully saturated rings. The van der Waals surface area contributed by atoms with E-state index in [1.54, 1.807) is 45.6 Å². The van der Waals surface area contributed by atoms with Crippen LogP contribution in [0.5, 0.6) is 17.2 Å². The van der Waals surface area contributed by atoms with Crippen LogP contribution < -0.4 is 19.1 Å². The fourth-order valence-electron chi connectivity index (χ4n) is 5.52. The summed E-state index contributed by atoms with van der Waals surface area (Å²) in [5, 5.41) is 17.7. The Balaban J connectivity index is 1.72. The van der Waals surface area contributed by atoms with Crippen LogP contribution in [0.4, 0.5) is 23.2 Å². The lowest BCUT2D eigenvalue weighted by molar-refractivity contribution is -0.189. The first-order valence-electron chi connectivity index (χ1n) is 15.0. The standard InChI is InChI=1S/C32H37F4N3O8/c1-6-44-23-12-18-13-39(29(37)25(18)26(33)28(23)45-7-2)15-22(40)17-10-20(31(3,4)5)27(47-30(43)32(34,35)36)21(11-17)38-9-8-19(14-38)46-16-24(41)42/h10-12,19,37H,6-9,13-16H2,1-5H3,(H,41,42). The summed E-state index contributed by atoms with van der Waals surface area (Å²) in [7, 11) is 0. The predicted molar refractivity (Wildman–Crippen MR) is 161 cm³/mol. The van der Waals surface area contributed by atoms with Crippen molar-refractivity contribution in [2.45, 2.75) is 65.3 Å². The molecule has 0 saturated carbocycles. The summed E-state index contributed by atoms with van der Waals surface area (Å²) >= 11 is 0. The number of alkyl halides is 3. The Bertz CT molecular complexity index is 1570. The van der Waals surface area contributed by atoms with E-state index in [4.69, 9.17) is 29.5 Å². The number of hydrogen-bond donors (Lipinski definition) is 2. The zero-order chi connectivity index (χ0) is 34.8. The van der Waals surface area contributed by atoms with Gasteiger partial charge in [-0.25, -0.2) is 14.0 Å². The summed E-state index contributed by atoms with van der Waals surface area (Å²) < 4.78 is 77.0. The SMILES string of the molecule is CCOc1cc2c(c(F)c1OCC)C(=N)N(CC(=O)c1cc(N3CCC(OCC(=O)O)C3)c(OC(=O)C(F)(F)F)c(C(C)(C)C)c1)C2. The molecule has 11 nitrogen and oxygen atoms in total. The van der Waals surface area contributed by atoms with Crippen molar-refractivity contribution in [3.05, 3.63) is 46.3 Å². The van der Waals surface area contributed by atoms with Crippen molar-refractivity contribution in [2.24, 2.45) is 0 Å². The normalized spacial score (nSPS) is 16.4. The first-order chi connectivity index (χ1) is 22.0. The van der Waals surface area contributed by atoms with E-state index in [9.17, 15) is 27.6 Å². The Morgan fingerprint density at radius 3 is 2.32 bits per heavy atom. The number of carboxylic acids is 1. The van der Waals surface area contributed by atoms with Crippen molar-refractivity contribution in [3.8, 4) is 17.2 Å². The van der Waals surface area contributed by atoms with Gasteiger partial charge in [0.2, 0.25) is 0 Å². The van der Waals surface area contributed by atoms with Gasteiger partial charge in [-0.15, -0.1) is 0 Å². The molecule has 2 heterocycles. The number of Topliss-reactive ketones (excluding diaryl/α,β-unsaturated/α-hetero) is 1. The molecule has 2 N–H and O–H groups in total. The monoisotopic (exact) mass is 667 g/mol. The number of carboxylic acid groups (broad SMARTS) is 1. The van der Waals surface area contributed by atoms with Crippen molar-refractivity contribution in [3.63, 3.8) is 0 Å². The highest BCUT2D eigenvalue weighted by atomic mass is 19.4. The Hall–Kier alpha value is -4.40. The average molecular weight is 668 g/mol. The molecule has 1 saturated heterocycles. The van der Waals surface area contributed by atoms with Gasteiger partial charge in [-0.05, 0) is 49.4 Å². The molecule has 15 heteroatoms. The number of hydrogen-bond acceptors (Lipinski definition) is 9. The highest BCUT2D eigenvalue weighted by molar-refractivity contribution is 6.06. The summed E-state index contributed by atoms with van der Waals surface area (Å²) in [5.41, 5.74) is -0.314. The average Bonchev–Trinajstić information content (AvgIpc) is 3.57. The van der Waals surface area contributed by atoms with Crippen molar-refractivity contribution < 1.29 is 56.0 Å². The van der Waals surface area contributed by atoms with Crippen molar-refractivity contribution >= 4 is 29.2 Å². The molecule has 2 aromatic carbocycles. The number of ether oxygens (including phenoxy) is 4. The Morgan fingerprint density at radius 2 is 1.72 bits per heavy atom. The number of anilines is 1. The Kier molecular flexibility index (Phi) is 10.4. The molecule has 0 aromatic heterocycles. The molecule has 47 heavy (non-hydrogen) atoms. The molecular formula is C32H37F4N3O8. The maximum Gasteiger partial charge on any atom is 0.491 e. The predicted octanol–water partition coefficient (Wildman–Crippen LogP) is 5.09. The number of rotatable bonds is 12. The lowest BCUT2D eigenvalue weighted by Gasteiger charge is -2.29. The van der Waals surface area contributed by atoms with E-state index >= 15 is 4.39 Å². The zero-order valence-corrected chi connectivity index (χ0v) is 26.7. The van der Waals surface area contributed by atoms with Crippen LogP contribution in [0.2, 0.25) is 0 Å². The second kappa shape index (κ2) is 13.8. The van der Waals surface area contributed by atoms with Crippen molar-refractivity contribution in [1.82, 2.24) is 4.90 Å². The fourth-order valence-corrected chi connectivity index (χ4v) is 5.52. The number of halogens is 4. The number of carbonyl (C=O) groups is 3. The van der Waals surface area contributed by atoms with Crippen LogP contribution >= 0.6 is 0 Å². The van der Waals surface area contributed by atoms with Gasteiger partial charge in [-0.1, -0.05) is 20.8 Å². The Labute approximate surface area is 268 Å². The minimum atomic E-state index is -5.30. The molecule has 2 aromatic rings. The molecule has 256 valence electrons. The van der Waals surface area contributed by atoms with Crippen LogP contribution in [0.3, 0.4) is 0 Å². The van der Waals surface area contributed by atoms with Gasteiger partial charge in [0.25, 0.3) is 0 Å². The molecule has 2 aliphatic heterocycles. The van der Waals surface area contributed by atoms with Crippen LogP contribution in [-0.2, 0) is 26.3 Å². The highest BCUT2D eigenvalue weighted by Crippen LogP contribution is 2.43. The van der Waals surface area contributed by atoms with Crippen molar-refractivity contribution in [1.29, 1.82) is 5.41 Å². The molecular weight excluding hydrogens is 630 g/mol. The summed E-state index contributed by atoms with van der Waals surface area (Å²) in [6.07, 6.45) is -5.56. The number of fused-ring (bicyclic) bond motifs is 1. The topological polar surface area (TPSA) is 139 Å². The lowest BCUT2D eigenvalue weighted by Crippen LogP contribution is -2.32. The number of carbonyl (C=O) groups excluding carboxylic acids is 2. The van der Waals surface area contributed by atoms with Gasteiger partial charge in [0, 0.05) is 30.8 Å². The van der Waals surface area contributed by atoms with Gasteiger partial charge >= 0.3 is 18.1 Å².